The monoisotopic (exact) mass is 288 g/mol. The zero-order valence-electron chi connectivity index (χ0n) is 10.9. The summed E-state index contributed by atoms with van der Waals surface area (Å²) in [5, 5.41) is 19.9. The van der Waals surface area contributed by atoms with Crippen LogP contribution in [-0.2, 0) is 0 Å². The van der Waals surface area contributed by atoms with Crippen molar-refractivity contribution in [3.05, 3.63) is 57.9 Å². The number of nitrogens with zero attached hydrogens (tertiary/aromatic N) is 2. The van der Waals surface area contributed by atoms with E-state index in [9.17, 15) is 14.5 Å². The predicted octanol–water partition coefficient (Wildman–Crippen LogP) is 3.41. The van der Waals surface area contributed by atoms with Crippen LogP contribution >= 0.6 is 0 Å². The van der Waals surface area contributed by atoms with Gasteiger partial charge in [-0.15, -0.1) is 0 Å². The highest BCUT2D eigenvalue weighted by Crippen LogP contribution is 2.36. The predicted molar refractivity (Wildman–Crippen MR) is 70.8 cm³/mol. The molecule has 0 amide bonds. The number of nitro benzene ring substituents is 1. The average molecular weight is 288 g/mol. The van der Waals surface area contributed by atoms with Gasteiger partial charge in [-0.3, -0.25) is 10.1 Å². The Hall–Kier alpha value is -3.14. The van der Waals surface area contributed by atoms with Crippen LogP contribution in [0.2, 0.25) is 0 Å². The first-order valence-electron chi connectivity index (χ1n) is 5.75. The first-order valence-corrected chi connectivity index (χ1v) is 5.75. The number of hydrogen-bond donors (Lipinski definition) is 0. The Balaban J connectivity index is 2.53. The number of benzene rings is 2. The third-order valence-corrected chi connectivity index (χ3v) is 2.66. The summed E-state index contributed by atoms with van der Waals surface area (Å²) in [6.45, 7) is 0. The molecule has 0 saturated carbocycles. The van der Waals surface area contributed by atoms with Gasteiger partial charge in [0.2, 0.25) is 5.75 Å². The first-order chi connectivity index (χ1) is 10.1. The van der Waals surface area contributed by atoms with E-state index in [2.05, 4.69) is 0 Å². The Kier molecular flexibility index (Phi) is 4.00. The molecular formula is C14H9FN2O4. The molecule has 0 N–H and O–H groups in total. The minimum atomic E-state index is -0.893. The highest BCUT2D eigenvalue weighted by atomic mass is 19.1. The van der Waals surface area contributed by atoms with Crippen LogP contribution in [0.15, 0.2) is 36.4 Å². The van der Waals surface area contributed by atoms with Crippen LogP contribution in [0.3, 0.4) is 0 Å². The second-order valence-corrected chi connectivity index (χ2v) is 3.92. The summed E-state index contributed by atoms with van der Waals surface area (Å²) in [4.78, 5) is 10.2. The second-order valence-electron chi connectivity index (χ2n) is 3.92. The Morgan fingerprint density at radius 2 is 2.10 bits per heavy atom. The van der Waals surface area contributed by atoms with Crippen LogP contribution in [0, 0.1) is 27.3 Å². The molecule has 0 aliphatic heterocycles. The Morgan fingerprint density at radius 3 is 2.71 bits per heavy atom. The number of para-hydroxylation sites is 1. The third kappa shape index (κ3) is 2.90. The molecule has 106 valence electrons. The zero-order valence-corrected chi connectivity index (χ0v) is 10.9. The molecule has 0 spiro atoms. The van der Waals surface area contributed by atoms with Crippen LogP contribution in [-0.4, -0.2) is 12.0 Å². The highest BCUT2D eigenvalue weighted by Gasteiger charge is 2.21. The van der Waals surface area contributed by atoms with Crippen LogP contribution in [0.5, 0.6) is 17.2 Å². The normalized spacial score (nSPS) is 9.76. The quantitative estimate of drug-likeness (QED) is 0.635. The minimum Gasteiger partial charge on any atom is -0.497 e. The number of methoxy groups -OCH3 is 1. The van der Waals surface area contributed by atoms with Gasteiger partial charge in [0, 0.05) is 12.1 Å². The maximum Gasteiger partial charge on any atom is 0.314 e. The lowest BCUT2D eigenvalue weighted by atomic mass is 10.2. The summed E-state index contributed by atoms with van der Waals surface area (Å²) in [5.41, 5.74) is -0.421. The Morgan fingerprint density at radius 1 is 1.33 bits per heavy atom. The summed E-state index contributed by atoms with van der Waals surface area (Å²) in [7, 11) is 1.41. The standard InChI is InChI=1S/C14H9FN2O4/c1-20-10-6-5-9(8-16)13(7-10)21-14-11(15)3-2-4-12(14)17(18)19/h2-7H,1H3. The number of nitro groups is 1. The number of halogens is 1. The van der Waals surface area contributed by atoms with Gasteiger partial charge in [0.1, 0.15) is 17.6 Å². The molecule has 2 aromatic carbocycles. The van der Waals surface area contributed by atoms with E-state index >= 15 is 0 Å². The molecule has 21 heavy (non-hydrogen) atoms. The third-order valence-electron chi connectivity index (χ3n) is 2.66. The van der Waals surface area contributed by atoms with Gasteiger partial charge in [-0.05, 0) is 18.2 Å². The van der Waals surface area contributed by atoms with Gasteiger partial charge in [0.25, 0.3) is 0 Å². The van der Waals surface area contributed by atoms with Crippen LogP contribution < -0.4 is 9.47 Å². The zero-order chi connectivity index (χ0) is 15.4. The van der Waals surface area contributed by atoms with E-state index in [0.717, 1.165) is 12.1 Å². The van der Waals surface area contributed by atoms with Crippen molar-refractivity contribution < 1.29 is 18.8 Å². The summed E-state index contributed by atoms with van der Waals surface area (Å²) in [6, 6.07) is 9.52. The van der Waals surface area contributed by atoms with Gasteiger partial charge in [-0.2, -0.15) is 5.26 Å². The number of rotatable bonds is 4. The van der Waals surface area contributed by atoms with Gasteiger partial charge in [-0.1, -0.05) is 6.07 Å². The topological polar surface area (TPSA) is 85.4 Å². The van der Waals surface area contributed by atoms with E-state index in [4.69, 9.17) is 14.7 Å². The molecule has 0 saturated heterocycles. The van der Waals surface area contributed by atoms with Crippen LogP contribution in [0.4, 0.5) is 10.1 Å². The molecular weight excluding hydrogens is 279 g/mol. The van der Waals surface area contributed by atoms with Crippen LogP contribution in [0.1, 0.15) is 5.56 Å². The fraction of sp³-hybridized carbons (Fsp3) is 0.0714. The molecule has 0 aliphatic carbocycles. The lowest BCUT2D eigenvalue weighted by Gasteiger charge is -2.10. The van der Waals surface area contributed by atoms with Crippen molar-refractivity contribution in [3.8, 4) is 23.3 Å². The van der Waals surface area contributed by atoms with Crippen molar-refractivity contribution in [1.82, 2.24) is 0 Å². The molecule has 0 atom stereocenters. The Bertz CT molecular complexity index is 740. The maximum absolute atomic E-state index is 13.8. The van der Waals surface area contributed by atoms with Crippen molar-refractivity contribution in [2.45, 2.75) is 0 Å². The van der Waals surface area contributed by atoms with Gasteiger partial charge < -0.3 is 9.47 Å². The number of hydrogen-bond acceptors (Lipinski definition) is 5. The molecule has 0 bridgehead atoms. The largest absolute Gasteiger partial charge is 0.497 e. The summed E-state index contributed by atoms with van der Waals surface area (Å²) >= 11 is 0. The van der Waals surface area contributed by atoms with E-state index in [1.54, 1.807) is 0 Å². The molecule has 0 aromatic heterocycles. The smallest absolute Gasteiger partial charge is 0.314 e. The number of nitriles is 1. The average Bonchev–Trinajstić information content (AvgIpc) is 2.48. The minimum absolute atomic E-state index is 0.0231. The summed E-state index contributed by atoms with van der Waals surface area (Å²) in [5.74, 6) is -1.09. The molecule has 0 unspecified atom stereocenters. The maximum atomic E-state index is 13.8. The van der Waals surface area contributed by atoms with E-state index in [1.165, 1.54) is 31.4 Å². The van der Waals surface area contributed by atoms with E-state index in [0.29, 0.717) is 5.75 Å². The van der Waals surface area contributed by atoms with Gasteiger partial charge in [-0.25, -0.2) is 4.39 Å². The van der Waals surface area contributed by atoms with Crippen molar-refractivity contribution in [2.24, 2.45) is 0 Å². The van der Waals surface area contributed by atoms with Crippen LogP contribution in [0.25, 0.3) is 0 Å². The fourth-order valence-corrected chi connectivity index (χ4v) is 1.66. The lowest BCUT2D eigenvalue weighted by Crippen LogP contribution is -1.97. The molecule has 2 rings (SSSR count). The lowest BCUT2D eigenvalue weighted by molar-refractivity contribution is -0.385. The van der Waals surface area contributed by atoms with Gasteiger partial charge in [0.15, 0.2) is 5.82 Å². The highest BCUT2D eigenvalue weighted by molar-refractivity contribution is 5.53. The fourth-order valence-electron chi connectivity index (χ4n) is 1.66. The Labute approximate surface area is 119 Å². The van der Waals surface area contributed by atoms with Gasteiger partial charge >= 0.3 is 5.69 Å². The molecule has 0 aliphatic rings. The summed E-state index contributed by atoms with van der Waals surface area (Å²) < 4.78 is 24.0. The molecule has 7 heteroatoms. The van der Waals surface area contributed by atoms with E-state index in [-0.39, 0.29) is 11.3 Å². The second kappa shape index (κ2) is 5.88. The molecule has 0 fully saturated rings. The molecule has 6 nitrogen and oxygen atoms in total. The van der Waals surface area contributed by atoms with Crippen molar-refractivity contribution in [3.63, 3.8) is 0 Å². The van der Waals surface area contributed by atoms with Crippen molar-refractivity contribution >= 4 is 5.69 Å². The summed E-state index contributed by atoms with van der Waals surface area (Å²) in [6.07, 6.45) is 0. The van der Waals surface area contributed by atoms with Crippen molar-refractivity contribution in [2.75, 3.05) is 7.11 Å². The van der Waals surface area contributed by atoms with E-state index < -0.39 is 22.2 Å². The first kappa shape index (κ1) is 14.3. The number of ether oxygens (including phenoxy) is 2. The molecule has 0 heterocycles. The molecule has 0 radical (unpaired) electrons. The SMILES string of the molecule is COc1ccc(C#N)c(Oc2c(F)cccc2[N+](=O)[O-])c1. The van der Waals surface area contributed by atoms with Gasteiger partial charge in [0.05, 0.1) is 17.6 Å². The van der Waals surface area contributed by atoms with E-state index in [1.807, 2.05) is 6.07 Å². The van der Waals surface area contributed by atoms with Crippen molar-refractivity contribution in [1.29, 1.82) is 5.26 Å². The molecule has 2 aromatic rings.